The molecule has 1 saturated heterocycles. The topological polar surface area (TPSA) is 137 Å². The Morgan fingerprint density at radius 3 is 2.44 bits per heavy atom. The molecule has 1 heterocycles. The van der Waals surface area contributed by atoms with Gasteiger partial charge in [0.05, 0.1) is 7.98 Å². The van der Waals surface area contributed by atoms with Crippen LogP contribution in [0.1, 0.15) is 1.37 Å². The minimum Gasteiger partial charge on any atom is -0.480 e. The molecule has 0 aromatic heterocycles. The second-order valence-corrected chi connectivity index (χ2v) is 3.33. The third-order valence-electron chi connectivity index (χ3n) is 2.13. The van der Waals surface area contributed by atoms with Crippen LogP contribution in [0.5, 0.6) is 0 Å². The van der Waals surface area contributed by atoms with E-state index in [2.05, 4.69) is 4.74 Å². The molecule has 1 rings (SSSR count). The van der Waals surface area contributed by atoms with Gasteiger partial charge < -0.3 is 35.0 Å². The fraction of sp³-hybridized carbons (Fsp3) is 0.875. The van der Waals surface area contributed by atoms with Crippen molar-refractivity contribution in [1.29, 1.82) is 0 Å². The minimum atomic E-state index is -1.85. The zero-order valence-electron chi connectivity index (χ0n) is 9.13. The summed E-state index contributed by atoms with van der Waals surface area (Å²) in [5, 5.41) is 45.4. The number of hydrogen-bond donors (Lipinski definition) is 5. The Bertz CT molecular complexity index is 274. The third-order valence-corrected chi connectivity index (χ3v) is 2.13. The van der Waals surface area contributed by atoms with Crippen LogP contribution in [0.15, 0.2) is 0 Å². The van der Waals surface area contributed by atoms with Crippen molar-refractivity contribution in [3.8, 4) is 0 Å². The molecule has 0 saturated carbocycles. The van der Waals surface area contributed by atoms with E-state index in [1.165, 1.54) is 0 Å². The Labute approximate surface area is 92.1 Å². The van der Waals surface area contributed by atoms with E-state index in [1.54, 1.807) is 0 Å². The Hall–Kier alpha value is -0.770. The van der Waals surface area contributed by atoms with Gasteiger partial charge in [-0.1, -0.05) is 0 Å². The van der Waals surface area contributed by atoms with Crippen molar-refractivity contribution in [2.24, 2.45) is 0 Å². The summed E-state index contributed by atoms with van der Waals surface area (Å²) in [5.74, 6) is -1.52. The van der Waals surface area contributed by atoms with Crippen molar-refractivity contribution in [2.45, 2.75) is 30.7 Å². The summed E-state index contributed by atoms with van der Waals surface area (Å²) in [6.07, 6.45) is -7.78. The second kappa shape index (κ2) is 5.53. The highest BCUT2D eigenvalue weighted by Gasteiger charge is 2.42. The zero-order chi connectivity index (χ0) is 13.2. The van der Waals surface area contributed by atoms with Gasteiger partial charge in [-0.15, -0.1) is 0 Å². The summed E-state index contributed by atoms with van der Waals surface area (Å²) in [4.78, 5) is 10.3. The predicted octanol–water partition coefficient (Wildman–Crippen LogP) is -3.11. The normalized spacial score (nSPS) is 42.5. The lowest BCUT2D eigenvalue weighted by molar-refractivity contribution is -0.288. The maximum atomic E-state index is 10.3. The number of aliphatic hydroxyl groups excluding tert-OH is 4. The van der Waals surface area contributed by atoms with Crippen LogP contribution < -0.4 is 0 Å². The van der Waals surface area contributed by atoms with Crippen LogP contribution in [-0.4, -0.2) is 75.4 Å². The first-order valence-electron chi connectivity index (χ1n) is 5.06. The minimum absolute atomic E-state index is 0.511. The quantitative estimate of drug-likeness (QED) is 0.347. The maximum Gasteiger partial charge on any atom is 0.329 e. The zero-order valence-corrected chi connectivity index (χ0v) is 8.13. The highest BCUT2D eigenvalue weighted by Crippen LogP contribution is 2.19. The van der Waals surface area contributed by atoms with Gasteiger partial charge in [-0.05, 0) is 0 Å². The van der Waals surface area contributed by atoms with Gasteiger partial charge in [0.1, 0.15) is 31.0 Å². The lowest BCUT2D eigenvalue weighted by atomic mass is 9.99. The molecule has 0 radical (unpaired) electrons. The average molecular weight is 239 g/mol. The summed E-state index contributed by atoms with van der Waals surface area (Å²) in [6.45, 7) is -2.37. The van der Waals surface area contributed by atoms with Crippen molar-refractivity contribution >= 4 is 5.97 Å². The van der Waals surface area contributed by atoms with Gasteiger partial charge in [0.15, 0.2) is 6.29 Å². The fourth-order valence-corrected chi connectivity index (χ4v) is 1.28. The molecule has 1 aliphatic rings. The molecule has 5 N–H and O–H groups in total. The van der Waals surface area contributed by atoms with E-state index >= 15 is 0 Å². The lowest BCUT2D eigenvalue weighted by Gasteiger charge is -2.38. The molecule has 0 amide bonds. The van der Waals surface area contributed by atoms with Gasteiger partial charge >= 0.3 is 5.97 Å². The van der Waals surface area contributed by atoms with E-state index in [4.69, 9.17) is 21.4 Å². The molecular weight excluding hydrogens is 224 g/mol. The second-order valence-electron chi connectivity index (χ2n) is 3.33. The Balaban J connectivity index is 2.51. The number of carbonyl (C=O) groups is 1. The molecule has 0 aliphatic carbocycles. The largest absolute Gasteiger partial charge is 0.480 e. The van der Waals surface area contributed by atoms with Crippen molar-refractivity contribution < 1.29 is 41.2 Å². The number of ether oxygens (including phenoxy) is 2. The van der Waals surface area contributed by atoms with Gasteiger partial charge in [0.25, 0.3) is 0 Å². The molecule has 2 unspecified atom stereocenters. The summed E-state index contributed by atoms with van der Waals surface area (Å²) in [6, 6.07) is 0. The van der Waals surface area contributed by atoms with E-state index in [-0.39, 0.29) is 0 Å². The Morgan fingerprint density at radius 2 is 1.88 bits per heavy atom. The first kappa shape index (κ1) is 11.7. The van der Waals surface area contributed by atoms with Crippen molar-refractivity contribution in [1.82, 2.24) is 0 Å². The number of aliphatic carboxylic acids is 1. The van der Waals surface area contributed by atoms with Crippen LogP contribution >= 0.6 is 0 Å². The molecule has 0 aromatic rings. The predicted molar refractivity (Wildman–Crippen MR) is 47.4 cm³/mol. The monoisotopic (exact) mass is 239 g/mol. The molecule has 0 aromatic carbocycles. The Morgan fingerprint density at radius 1 is 1.25 bits per heavy atom. The summed E-state index contributed by atoms with van der Waals surface area (Å²) in [7, 11) is 0. The van der Waals surface area contributed by atoms with Crippen LogP contribution in [0.25, 0.3) is 0 Å². The molecule has 94 valence electrons. The highest BCUT2D eigenvalue weighted by molar-refractivity contribution is 5.67. The average Bonchev–Trinajstić information content (AvgIpc) is 2.28. The van der Waals surface area contributed by atoms with Gasteiger partial charge in [-0.25, -0.2) is 4.79 Å². The highest BCUT2D eigenvalue weighted by atomic mass is 16.6. The fourth-order valence-electron chi connectivity index (χ4n) is 1.28. The molecule has 8 nitrogen and oxygen atoms in total. The van der Waals surface area contributed by atoms with E-state index in [9.17, 15) is 15.0 Å². The first-order valence-corrected chi connectivity index (χ1v) is 4.49. The van der Waals surface area contributed by atoms with Crippen LogP contribution in [0.4, 0.5) is 0 Å². The van der Waals surface area contributed by atoms with Crippen LogP contribution in [0.2, 0.25) is 0 Å². The molecule has 0 spiro atoms. The van der Waals surface area contributed by atoms with Crippen LogP contribution in [0.3, 0.4) is 0 Å². The van der Waals surface area contributed by atoms with Gasteiger partial charge in [-0.3, -0.25) is 0 Å². The number of carboxylic acids is 1. The van der Waals surface area contributed by atoms with Crippen LogP contribution in [0, 0.1) is 0 Å². The van der Waals surface area contributed by atoms with Crippen molar-refractivity contribution in [3.63, 3.8) is 0 Å². The molecule has 1 fully saturated rings. The molecule has 6 atom stereocenters. The maximum absolute atomic E-state index is 10.3. The first-order chi connectivity index (χ1) is 7.84. The molecule has 0 bridgehead atoms. The van der Waals surface area contributed by atoms with Crippen molar-refractivity contribution in [2.75, 3.05) is 13.2 Å². The summed E-state index contributed by atoms with van der Waals surface area (Å²) < 4.78 is 16.1. The van der Waals surface area contributed by atoms with Crippen molar-refractivity contribution in [3.05, 3.63) is 0 Å². The van der Waals surface area contributed by atoms with E-state index < -0.39 is 49.9 Å². The Kier molecular flexibility index (Phi) is 4.04. The number of hydrogen-bond acceptors (Lipinski definition) is 7. The number of carboxylic acid groups (broad SMARTS) is 1. The third kappa shape index (κ3) is 3.11. The summed E-state index contributed by atoms with van der Waals surface area (Å²) in [5.41, 5.74) is 0. The van der Waals surface area contributed by atoms with Gasteiger partial charge in [-0.2, -0.15) is 0 Å². The van der Waals surface area contributed by atoms with Gasteiger partial charge in [0, 0.05) is 0 Å². The molecule has 1 aliphatic heterocycles. The number of rotatable bonds is 4. The van der Waals surface area contributed by atoms with E-state index in [1.807, 2.05) is 0 Å². The van der Waals surface area contributed by atoms with Gasteiger partial charge in [0.2, 0.25) is 0 Å². The van der Waals surface area contributed by atoms with Crippen LogP contribution in [-0.2, 0) is 14.3 Å². The van der Waals surface area contributed by atoms with E-state index in [0.717, 1.165) is 0 Å². The number of aliphatic hydroxyl groups is 4. The lowest BCUT2D eigenvalue weighted by Crippen LogP contribution is -2.58. The smallest absolute Gasteiger partial charge is 0.329 e. The molecule has 16 heavy (non-hydrogen) atoms. The summed E-state index contributed by atoms with van der Waals surface area (Å²) >= 11 is 0. The standard InChI is InChI=1S/C8H14O8/c9-4(10)2-15-1-3-5(11)6(12)7(13)8(14)16-3/h3,5-8,11-14H,1-2H2,(H,9,10)/t3-,5+,6+,7-,8?/m1/s1/i2D/t2?,3-,5+,6+,7-,8?. The molecular formula is C8H14O8. The SMILES string of the molecule is [2H]C(OC[C@H]1OC(O)[C@H](O)[C@@H](O)[C@H]1O)C(=O)O. The molecule has 8 heteroatoms. The van der Waals surface area contributed by atoms with E-state index in [0.29, 0.717) is 0 Å².